The third-order valence-electron chi connectivity index (χ3n) is 8.29. The fourth-order valence-electron chi connectivity index (χ4n) is 6.02. The Kier molecular flexibility index (Phi) is 8.26. The highest BCUT2D eigenvalue weighted by atomic mass is 16.5. The number of fused-ring (bicyclic) bond motifs is 1. The van der Waals surface area contributed by atoms with Gasteiger partial charge < -0.3 is 25.0 Å². The van der Waals surface area contributed by atoms with Crippen molar-refractivity contribution in [3.05, 3.63) is 89.0 Å². The van der Waals surface area contributed by atoms with Crippen LogP contribution in [0.5, 0.6) is 11.5 Å². The third kappa shape index (κ3) is 5.49. The summed E-state index contributed by atoms with van der Waals surface area (Å²) < 4.78 is 10.9. The fraction of sp³-hybridized carbons (Fsp3) is 0.375. The molecule has 3 aromatic rings. The van der Waals surface area contributed by atoms with E-state index in [0.29, 0.717) is 30.5 Å². The predicted octanol–water partition coefficient (Wildman–Crippen LogP) is 4.55. The summed E-state index contributed by atoms with van der Waals surface area (Å²) in [6, 6.07) is 22.3. The zero-order chi connectivity index (χ0) is 28.2. The number of amides is 2. The first kappa shape index (κ1) is 27.5. The maximum Gasteiger partial charge on any atom is 0.255 e. The van der Waals surface area contributed by atoms with Gasteiger partial charge in [0.25, 0.3) is 5.91 Å². The Labute approximate surface area is 236 Å². The maximum absolute atomic E-state index is 13.8. The predicted molar refractivity (Wildman–Crippen MR) is 156 cm³/mol. The summed E-state index contributed by atoms with van der Waals surface area (Å²) >= 11 is 0. The van der Waals surface area contributed by atoms with Crippen molar-refractivity contribution in [1.82, 2.24) is 9.80 Å². The van der Waals surface area contributed by atoms with Crippen LogP contribution in [0.3, 0.4) is 0 Å². The second-order valence-corrected chi connectivity index (χ2v) is 10.5. The molecule has 8 heteroatoms. The average molecular weight is 543 g/mol. The van der Waals surface area contributed by atoms with Gasteiger partial charge in [-0.3, -0.25) is 14.5 Å². The fourth-order valence-corrected chi connectivity index (χ4v) is 6.02. The van der Waals surface area contributed by atoms with Crippen LogP contribution in [-0.2, 0) is 11.3 Å². The van der Waals surface area contributed by atoms with Crippen LogP contribution in [0.4, 0.5) is 5.69 Å². The SMILES string of the molecule is COc1ccc([C@@H](CCC(N)=O)N2Cc3c(cccc3N3CCN(C(C)c4ccccc4)CC3)C2=O)cc1OC. The molecule has 0 spiro atoms. The zero-order valence-corrected chi connectivity index (χ0v) is 23.5. The van der Waals surface area contributed by atoms with E-state index in [1.807, 2.05) is 35.2 Å². The first-order valence-corrected chi connectivity index (χ1v) is 13.9. The molecule has 0 bridgehead atoms. The number of benzene rings is 3. The molecule has 8 nitrogen and oxygen atoms in total. The van der Waals surface area contributed by atoms with Crippen LogP contribution >= 0.6 is 0 Å². The van der Waals surface area contributed by atoms with E-state index in [1.165, 1.54) is 5.56 Å². The quantitative estimate of drug-likeness (QED) is 0.405. The highest BCUT2D eigenvalue weighted by Gasteiger charge is 2.36. The molecular weight excluding hydrogens is 504 g/mol. The molecule has 2 atom stereocenters. The minimum atomic E-state index is -0.391. The number of methoxy groups -OCH3 is 2. The Balaban J connectivity index is 1.37. The largest absolute Gasteiger partial charge is 0.493 e. The van der Waals surface area contributed by atoms with Crippen molar-refractivity contribution in [2.75, 3.05) is 45.3 Å². The van der Waals surface area contributed by atoms with Gasteiger partial charge in [-0.25, -0.2) is 0 Å². The first-order chi connectivity index (χ1) is 19.4. The summed E-state index contributed by atoms with van der Waals surface area (Å²) in [5, 5.41) is 0. The summed E-state index contributed by atoms with van der Waals surface area (Å²) in [7, 11) is 3.18. The van der Waals surface area contributed by atoms with Crippen LogP contribution in [0.1, 0.15) is 58.9 Å². The van der Waals surface area contributed by atoms with Crippen molar-refractivity contribution >= 4 is 17.5 Å². The summed E-state index contributed by atoms with van der Waals surface area (Å²) in [5.41, 5.74) is 10.6. The number of piperazine rings is 1. The Morgan fingerprint density at radius 2 is 1.62 bits per heavy atom. The van der Waals surface area contributed by atoms with Crippen LogP contribution in [-0.4, -0.2) is 62.0 Å². The van der Waals surface area contributed by atoms with Gasteiger partial charge in [0.1, 0.15) is 0 Å². The van der Waals surface area contributed by atoms with Gasteiger partial charge in [0.05, 0.1) is 20.3 Å². The summed E-state index contributed by atoms with van der Waals surface area (Å²) in [4.78, 5) is 32.3. The van der Waals surface area contributed by atoms with E-state index in [1.54, 1.807) is 14.2 Å². The van der Waals surface area contributed by atoms with E-state index >= 15 is 0 Å². The maximum atomic E-state index is 13.8. The number of ether oxygens (including phenoxy) is 2. The molecule has 0 aromatic heterocycles. The van der Waals surface area contributed by atoms with Gasteiger partial charge in [0.2, 0.25) is 5.91 Å². The molecule has 2 aliphatic heterocycles. The van der Waals surface area contributed by atoms with Crippen LogP contribution in [0, 0.1) is 0 Å². The molecule has 2 aliphatic rings. The molecule has 210 valence electrons. The van der Waals surface area contributed by atoms with Crippen molar-refractivity contribution in [3.63, 3.8) is 0 Å². The van der Waals surface area contributed by atoms with Crippen molar-refractivity contribution < 1.29 is 19.1 Å². The molecular formula is C32H38N4O4. The van der Waals surface area contributed by atoms with Crippen molar-refractivity contribution in [3.8, 4) is 11.5 Å². The van der Waals surface area contributed by atoms with Gasteiger partial charge >= 0.3 is 0 Å². The first-order valence-electron chi connectivity index (χ1n) is 13.9. The summed E-state index contributed by atoms with van der Waals surface area (Å²) in [5.74, 6) is 0.769. The zero-order valence-electron chi connectivity index (χ0n) is 23.5. The molecule has 0 saturated carbocycles. The molecule has 2 amide bonds. The van der Waals surface area contributed by atoms with E-state index in [2.05, 4.69) is 53.1 Å². The van der Waals surface area contributed by atoms with Crippen LogP contribution in [0.25, 0.3) is 0 Å². The number of hydrogen-bond acceptors (Lipinski definition) is 6. The molecule has 0 aliphatic carbocycles. The highest BCUT2D eigenvalue weighted by molar-refractivity contribution is 6.00. The lowest BCUT2D eigenvalue weighted by Gasteiger charge is -2.40. The minimum Gasteiger partial charge on any atom is -0.493 e. The Morgan fingerprint density at radius 3 is 2.30 bits per heavy atom. The number of rotatable bonds is 10. The number of carbonyl (C=O) groups is 2. The molecule has 2 heterocycles. The van der Waals surface area contributed by atoms with Gasteiger partial charge in [-0.2, -0.15) is 0 Å². The number of anilines is 1. The Morgan fingerprint density at radius 1 is 0.900 bits per heavy atom. The second kappa shape index (κ2) is 12.0. The number of hydrogen-bond donors (Lipinski definition) is 1. The minimum absolute atomic E-state index is 0.0301. The van der Waals surface area contributed by atoms with Crippen LogP contribution in [0.2, 0.25) is 0 Å². The standard InChI is InChI=1S/C32H38N4O4/c1-22(23-8-5-4-6-9-23)34-16-18-35(19-17-34)28-11-7-10-25-26(28)21-36(32(25)38)27(13-15-31(33)37)24-12-14-29(39-2)30(20-24)40-3/h4-12,14,20,22,27H,13,15-19,21H2,1-3H3,(H2,33,37)/t22?,27-/m1/s1. The van der Waals surface area contributed by atoms with Crippen molar-refractivity contribution in [1.29, 1.82) is 0 Å². The molecule has 5 rings (SSSR count). The number of nitrogens with zero attached hydrogens (tertiary/aromatic N) is 3. The number of carbonyl (C=O) groups excluding carboxylic acids is 2. The average Bonchev–Trinajstić information content (AvgIpc) is 3.33. The van der Waals surface area contributed by atoms with E-state index < -0.39 is 5.91 Å². The highest BCUT2D eigenvalue weighted by Crippen LogP contribution is 2.40. The van der Waals surface area contributed by atoms with Gasteiger partial charge in [0.15, 0.2) is 11.5 Å². The molecule has 1 fully saturated rings. The van der Waals surface area contributed by atoms with Gasteiger partial charge in [-0.05, 0) is 48.7 Å². The summed E-state index contributed by atoms with van der Waals surface area (Å²) in [6.07, 6.45) is 0.601. The summed E-state index contributed by atoms with van der Waals surface area (Å²) in [6.45, 7) is 6.42. The van der Waals surface area contributed by atoms with Crippen LogP contribution < -0.4 is 20.1 Å². The lowest BCUT2D eigenvalue weighted by molar-refractivity contribution is -0.118. The lowest BCUT2D eigenvalue weighted by atomic mass is 9.99. The lowest BCUT2D eigenvalue weighted by Crippen LogP contribution is -2.47. The second-order valence-electron chi connectivity index (χ2n) is 10.5. The normalized spacial score (nSPS) is 16.9. The molecule has 1 unspecified atom stereocenters. The number of nitrogens with two attached hydrogens (primary N) is 1. The molecule has 0 radical (unpaired) electrons. The van der Waals surface area contributed by atoms with Gasteiger partial charge in [-0.1, -0.05) is 42.5 Å². The Hall–Kier alpha value is -4.04. The molecule has 40 heavy (non-hydrogen) atoms. The van der Waals surface area contributed by atoms with Crippen LogP contribution in [0.15, 0.2) is 66.7 Å². The molecule has 3 aromatic carbocycles. The monoisotopic (exact) mass is 542 g/mol. The topological polar surface area (TPSA) is 88.3 Å². The molecule has 1 saturated heterocycles. The number of primary amides is 1. The van der Waals surface area contributed by atoms with Gasteiger partial charge in [0, 0.05) is 62.0 Å². The third-order valence-corrected chi connectivity index (χ3v) is 8.29. The smallest absolute Gasteiger partial charge is 0.255 e. The van der Waals surface area contributed by atoms with Crippen molar-refractivity contribution in [2.24, 2.45) is 5.73 Å². The molecule has 2 N–H and O–H groups in total. The van der Waals surface area contributed by atoms with E-state index in [-0.39, 0.29) is 18.4 Å². The van der Waals surface area contributed by atoms with E-state index in [9.17, 15) is 9.59 Å². The Bertz CT molecular complexity index is 1350. The van der Waals surface area contributed by atoms with Crippen molar-refractivity contribution in [2.45, 2.75) is 38.4 Å². The van der Waals surface area contributed by atoms with E-state index in [4.69, 9.17) is 15.2 Å². The van der Waals surface area contributed by atoms with Gasteiger partial charge in [-0.15, -0.1) is 0 Å². The van der Waals surface area contributed by atoms with E-state index in [0.717, 1.165) is 48.6 Å².